The highest BCUT2D eigenvalue weighted by Crippen LogP contribution is 2.45. The molecule has 214 valence electrons. The van der Waals surface area contributed by atoms with E-state index in [1.165, 1.54) is 16.0 Å². The fourth-order valence-electron chi connectivity index (χ4n) is 5.76. The van der Waals surface area contributed by atoms with Crippen LogP contribution in [-0.4, -0.2) is 15.1 Å². The summed E-state index contributed by atoms with van der Waals surface area (Å²) in [6.45, 7) is 0. The van der Waals surface area contributed by atoms with Crippen molar-refractivity contribution in [2.45, 2.75) is 0 Å². The van der Waals surface area contributed by atoms with Gasteiger partial charge in [0.1, 0.15) is 5.76 Å². The summed E-state index contributed by atoms with van der Waals surface area (Å²) in [5.74, 6) is 1.77. The van der Waals surface area contributed by atoms with E-state index in [1.54, 1.807) is 30.0 Å². The van der Waals surface area contributed by atoms with Gasteiger partial charge in [0.15, 0.2) is 5.82 Å². The number of thiophene rings is 1. The van der Waals surface area contributed by atoms with E-state index in [1.807, 2.05) is 60.7 Å². The lowest BCUT2D eigenvalue weighted by molar-refractivity contribution is 0.430. The fourth-order valence-corrected chi connectivity index (χ4v) is 6.71. The van der Waals surface area contributed by atoms with Crippen LogP contribution in [0.15, 0.2) is 160 Å². The Labute approximate surface area is 264 Å². The largest absolute Gasteiger partial charge is 0.464 e. The van der Waals surface area contributed by atoms with Crippen molar-refractivity contribution in [3.05, 3.63) is 151 Å². The first kappa shape index (κ1) is 26.8. The predicted octanol–water partition coefficient (Wildman–Crippen LogP) is 10.8. The highest BCUT2D eigenvalue weighted by molar-refractivity contribution is 7.14. The molecule has 45 heavy (non-hydrogen) atoms. The molecule has 0 saturated heterocycles. The summed E-state index contributed by atoms with van der Waals surface area (Å²) in [7, 11) is 0. The Balaban J connectivity index is 1.22. The number of aromatic nitrogens is 3. The van der Waals surface area contributed by atoms with Crippen molar-refractivity contribution >= 4 is 11.3 Å². The Kier molecular flexibility index (Phi) is 6.94. The lowest BCUT2D eigenvalue weighted by Gasteiger charge is -2.13. The van der Waals surface area contributed by atoms with Crippen molar-refractivity contribution in [2.75, 3.05) is 0 Å². The van der Waals surface area contributed by atoms with E-state index in [9.17, 15) is 0 Å². The van der Waals surface area contributed by atoms with E-state index >= 15 is 0 Å². The first-order valence-electron chi connectivity index (χ1n) is 14.6. The number of rotatable bonds is 7. The Morgan fingerprint density at radius 2 is 1.18 bits per heavy atom. The van der Waals surface area contributed by atoms with Gasteiger partial charge in [-0.05, 0) is 40.3 Å². The van der Waals surface area contributed by atoms with E-state index in [0.29, 0.717) is 11.6 Å². The maximum Gasteiger partial charge on any atom is 0.211 e. The molecule has 6 heteroatoms. The van der Waals surface area contributed by atoms with Gasteiger partial charge in [-0.25, -0.2) is 9.97 Å². The van der Waals surface area contributed by atoms with Crippen molar-refractivity contribution in [2.24, 2.45) is 0 Å². The highest BCUT2D eigenvalue weighted by atomic mass is 32.1. The van der Waals surface area contributed by atoms with Crippen LogP contribution in [0, 0.1) is 0 Å². The van der Waals surface area contributed by atoms with Crippen molar-refractivity contribution in [3.63, 3.8) is 0 Å². The standard InChI is InChI=1S/C39H25N3O2S/c1-3-11-26(12-4-1)28-21-24-45-38(28)33-18-10-7-15-29(33)32-20-23-43-36(32)31-17-9-8-16-30(31)35-19-22-40-39(42-35)37-34(25-41-44-37)27-13-5-2-6-14-27/h1-25H. The quantitative estimate of drug-likeness (QED) is 0.182. The maximum atomic E-state index is 6.27. The second-order valence-corrected chi connectivity index (χ2v) is 11.4. The Hall–Kier alpha value is -5.85. The number of nitrogens with zero attached hydrogens (tertiary/aromatic N) is 3. The summed E-state index contributed by atoms with van der Waals surface area (Å²) in [5, 5.41) is 6.22. The summed E-state index contributed by atoms with van der Waals surface area (Å²) in [6, 6.07) is 43.4. The molecule has 0 aliphatic heterocycles. The molecule has 0 aliphatic carbocycles. The molecule has 0 saturated carbocycles. The third kappa shape index (κ3) is 4.97. The van der Waals surface area contributed by atoms with Gasteiger partial charge in [-0.3, -0.25) is 0 Å². The van der Waals surface area contributed by atoms with Crippen LogP contribution in [0.4, 0.5) is 0 Å². The SMILES string of the molecule is c1ccc(-c2cnoc2-c2nccc(-c3ccccc3-c3occc3-c3ccccc3-c3sccc3-c3ccccc3)n2)cc1. The van der Waals surface area contributed by atoms with Crippen molar-refractivity contribution in [1.29, 1.82) is 0 Å². The van der Waals surface area contributed by atoms with Crippen molar-refractivity contribution in [3.8, 4) is 78.0 Å². The summed E-state index contributed by atoms with van der Waals surface area (Å²) >= 11 is 1.75. The van der Waals surface area contributed by atoms with Gasteiger partial charge >= 0.3 is 0 Å². The molecule has 0 unspecified atom stereocenters. The van der Waals surface area contributed by atoms with Gasteiger partial charge in [-0.2, -0.15) is 0 Å². The van der Waals surface area contributed by atoms with Crippen molar-refractivity contribution in [1.82, 2.24) is 15.1 Å². The average Bonchev–Trinajstić information content (AvgIpc) is 3.91. The number of hydrogen-bond donors (Lipinski definition) is 0. The number of furan rings is 1. The monoisotopic (exact) mass is 599 g/mol. The minimum absolute atomic E-state index is 0.467. The fraction of sp³-hybridized carbons (Fsp3) is 0. The molecular formula is C39H25N3O2S. The first-order chi connectivity index (χ1) is 22.3. The second-order valence-electron chi connectivity index (χ2n) is 10.5. The molecule has 0 aliphatic rings. The minimum Gasteiger partial charge on any atom is -0.464 e. The molecule has 4 aromatic carbocycles. The van der Waals surface area contributed by atoms with Crippen LogP contribution in [0.25, 0.3) is 78.0 Å². The van der Waals surface area contributed by atoms with Gasteiger partial charge in [0.05, 0.1) is 23.7 Å². The number of benzene rings is 4. The zero-order valence-electron chi connectivity index (χ0n) is 24.0. The molecule has 0 fully saturated rings. The van der Waals surface area contributed by atoms with E-state index in [4.69, 9.17) is 13.9 Å². The van der Waals surface area contributed by atoms with Gasteiger partial charge in [0.25, 0.3) is 0 Å². The topological polar surface area (TPSA) is 65.0 Å². The third-order valence-electron chi connectivity index (χ3n) is 7.84. The van der Waals surface area contributed by atoms with E-state index in [0.717, 1.165) is 50.4 Å². The van der Waals surface area contributed by atoms with Crippen molar-refractivity contribution < 1.29 is 8.94 Å². The lowest BCUT2D eigenvalue weighted by atomic mass is 9.92. The molecule has 5 nitrogen and oxygen atoms in total. The van der Waals surface area contributed by atoms with Gasteiger partial charge < -0.3 is 8.94 Å². The third-order valence-corrected chi connectivity index (χ3v) is 8.79. The van der Waals surface area contributed by atoms with Crippen LogP contribution < -0.4 is 0 Å². The molecule has 4 heterocycles. The average molecular weight is 600 g/mol. The second kappa shape index (κ2) is 11.7. The molecule has 0 spiro atoms. The van der Waals surface area contributed by atoms with Crippen LogP contribution >= 0.6 is 11.3 Å². The molecule has 8 rings (SSSR count). The molecule has 0 bridgehead atoms. The Morgan fingerprint density at radius 1 is 0.511 bits per heavy atom. The van der Waals surface area contributed by atoms with Crippen LogP contribution in [0.3, 0.4) is 0 Å². The number of hydrogen-bond acceptors (Lipinski definition) is 6. The summed E-state index contributed by atoms with van der Waals surface area (Å²) in [4.78, 5) is 10.7. The molecule has 0 amide bonds. The summed E-state index contributed by atoms with van der Waals surface area (Å²) in [5.41, 5.74) is 10.1. The Morgan fingerprint density at radius 3 is 1.96 bits per heavy atom. The van der Waals surface area contributed by atoms with Crippen LogP contribution in [0.1, 0.15) is 0 Å². The molecule has 0 radical (unpaired) electrons. The molecule has 8 aromatic rings. The Bertz CT molecular complexity index is 2230. The predicted molar refractivity (Wildman–Crippen MR) is 180 cm³/mol. The van der Waals surface area contributed by atoms with Gasteiger partial charge in [0, 0.05) is 38.9 Å². The highest BCUT2D eigenvalue weighted by Gasteiger charge is 2.22. The van der Waals surface area contributed by atoms with Crippen LogP contribution in [-0.2, 0) is 0 Å². The van der Waals surface area contributed by atoms with Gasteiger partial charge in [-0.1, -0.05) is 114 Å². The zero-order valence-corrected chi connectivity index (χ0v) is 24.8. The van der Waals surface area contributed by atoms with Crippen LogP contribution in [0.2, 0.25) is 0 Å². The molecule has 4 aromatic heterocycles. The van der Waals surface area contributed by atoms with Gasteiger partial charge in [0.2, 0.25) is 5.76 Å². The van der Waals surface area contributed by atoms with E-state index in [2.05, 4.69) is 82.3 Å². The van der Waals surface area contributed by atoms with Gasteiger partial charge in [-0.15, -0.1) is 11.3 Å². The van der Waals surface area contributed by atoms with E-state index < -0.39 is 0 Å². The maximum absolute atomic E-state index is 6.27. The summed E-state index contributed by atoms with van der Waals surface area (Å²) in [6.07, 6.45) is 5.22. The first-order valence-corrected chi connectivity index (χ1v) is 15.5. The smallest absolute Gasteiger partial charge is 0.211 e. The lowest BCUT2D eigenvalue weighted by Crippen LogP contribution is -1.94. The molecule has 0 N–H and O–H groups in total. The van der Waals surface area contributed by atoms with Crippen LogP contribution in [0.5, 0.6) is 0 Å². The summed E-state index contributed by atoms with van der Waals surface area (Å²) < 4.78 is 11.9. The minimum atomic E-state index is 0.467. The normalized spacial score (nSPS) is 11.1. The molecular weight excluding hydrogens is 575 g/mol. The molecule has 0 atom stereocenters. The van der Waals surface area contributed by atoms with E-state index in [-0.39, 0.29) is 0 Å². The zero-order chi connectivity index (χ0) is 30.0.